The average Bonchev–Trinajstić information content (AvgIpc) is 2.85. The number of methoxy groups -OCH3 is 1. The van der Waals surface area contributed by atoms with Gasteiger partial charge in [0.1, 0.15) is 16.2 Å². The van der Waals surface area contributed by atoms with Crippen molar-refractivity contribution in [2.24, 2.45) is 5.92 Å². The summed E-state index contributed by atoms with van der Waals surface area (Å²) in [4.78, 5) is 22.6. The average molecular weight is 322 g/mol. The molecule has 0 amide bonds. The smallest absolute Gasteiger partial charge is 0.306 e. The van der Waals surface area contributed by atoms with E-state index < -0.39 is 0 Å². The first-order chi connectivity index (χ1) is 10.2. The van der Waals surface area contributed by atoms with Crippen LogP contribution in [0.25, 0.3) is 10.2 Å². The molecule has 2 heterocycles. The summed E-state index contributed by atoms with van der Waals surface area (Å²) in [6.45, 7) is 2.31. The lowest BCUT2D eigenvalue weighted by Crippen LogP contribution is -2.08. The molecule has 2 aromatic heterocycles. The van der Waals surface area contributed by atoms with E-state index >= 15 is 0 Å². The molecule has 0 saturated heterocycles. The van der Waals surface area contributed by atoms with Crippen LogP contribution in [-0.4, -0.2) is 28.8 Å². The van der Waals surface area contributed by atoms with Crippen molar-refractivity contribution in [1.29, 1.82) is 0 Å². The van der Waals surface area contributed by atoms with E-state index in [1.54, 1.807) is 29.4 Å². The molecule has 0 fully saturated rings. The number of aryl methyl sites for hydroxylation is 1. The van der Waals surface area contributed by atoms with E-state index in [1.807, 2.05) is 0 Å². The standard InChI is InChI=1S/C15H18N2O2S2/c1-9-3-4-10-11(7-9)21-15-13(10)14(16-8-17-15)20-6-5-12(18)19-2/h8-9H,3-7H2,1-2H3/t9-/m0/s1. The molecule has 1 aliphatic rings. The van der Waals surface area contributed by atoms with Gasteiger partial charge in [0, 0.05) is 16.0 Å². The number of hydrogen-bond donors (Lipinski definition) is 0. The molecule has 0 radical (unpaired) electrons. The molecule has 1 aliphatic carbocycles. The Kier molecular flexibility index (Phi) is 4.45. The van der Waals surface area contributed by atoms with Gasteiger partial charge in [-0.25, -0.2) is 9.97 Å². The lowest BCUT2D eigenvalue weighted by Gasteiger charge is -2.18. The molecule has 1 atom stereocenters. The number of thiophene rings is 1. The summed E-state index contributed by atoms with van der Waals surface area (Å²) < 4.78 is 4.68. The Morgan fingerprint density at radius 2 is 2.38 bits per heavy atom. The largest absolute Gasteiger partial charge is 0.469 e. The maximum atomic E-state index is 11.2. The van der Waals surface area contributed by atoms with Gasteiger partial charge in [-0.3, -0.25) is 4.79 Å². The van der Waals surface area contributed by atoms with Crippen molar-refractivity contribution < 1.29 is 9.53 Å². The highest BCUT2D eigenvalue weighted by molar-refractivity contribution is 7.99. The number of fused-ring (bicyclic) bond motifs is 3. The fourth-order valence-corrected chi connectivity index (χ4v) is 5.05. The van der Waals surface area contributed by atoms with Gasteiger partial charge in [0.05, 0.1) is 13.5 Å². The number of esters is 1. The fraction of sp³-hybridized carbons (Fsp3) is 0.533. The zero-order valence-corrected chi connectivity index (χ0v) is 13.9. The molecule has 6 heteroatoms. The Bertz CT molecular complexity index is 669. The van der Waals surface area contributed by atoms with Crippen molar-refractivity contribution >= 4 is 39.3 Å². The summed E-state index contributed by atoms with van der Waals surface area (Å²) in [5.74, 6) is 1.28. The first kappa shape index (κ1) is 14.8. The molecular formula is C15H18N2O2S2. The first-order valence-electron chi connectivity index (χ1n) is 7.14. The number of carbonyl (C=O) groups is 1. The number of aromatic nitrogens is 2. The SMILES string of the molecule is COC(=O)CCSc1ncnc2sc3c(c12)CC[C@H](C)C3. The van der Waals surface area contributed by atoms with Crippen molar-refractivity contribution in [1.82, 2.24) is 9.97 Å². The van der Waals surface area contributed by atoms with Crippen molar-refractivity contribution in [3.63, 3.8) is 0 Å². The van der Waals surface area contributed by atoms with Crippen molar-refractivity contribution in [2.45, 2.75) is 37.6 Å². The summed E-state index contributed by atoms with van der Waals surface area (Å²) in [5, 5.41) is 2.23. The third-order valence-electron chi connectivity index (χ3n) is 3.83. The predicted molar refractivity (Wildman–Crippen MR) is 86.0 cm³/mol. The zero-order valence-electron chi connectivity index (χ0n) is 12.2. The third kappa shape index (κ3) is 3.06. The minimum atomic E-state index is -0.172. The van der Waals surface area contributed by atoms with Gasteiger partial charge in [-0.05, 0) is 30.7 Å². The van der Waals surface area contributed by atoms with Gasteiger partial charge in [0.2, 0.25) is 0 Å². The molecule has 2 aromatic rings. The molecule has 0 bridgehead atoms. The van der Waals surface area contributed by atoms with Crippen LogP contribution in [0.1, 0.15) is 30.2 Å². The Morgan fingerprint density at radius 3 is 3.19 bits per heavy atom. The lowest BCUT2D eigenvalue weighted by molar-refractivity contribution is -0.140. The summed E-state index contributed by atoms with van der Waals surface area (Å²) in [6, 6.07) is 0. The van der Waals surface area contributed by atoms with Crippen LogP contribution >= 0.6 is 23.1 Å². The normalized spacial score (nSPS) is 17.7. The second kappa shape index (κ2) is 6.32. The molecule has 0 aliphatic heterocycles. The quantitative estimate of drug-likeness (QED) is 0.490. The maximum absolute atomic E-state index is 11.2. The van der Waals surface area contributed by atoms with E-state index in [1.165, 1.54) is 29.4 Å². The number of carbonyl (C=O) groups excluding carboxylic acids is 1. The van der Waals surface area contributed by atoms with Crippen LogP contribution in [0.2, 0.25) is 0 Å². The number of rotatable bonds is 4. The summed E-state index contributed by atoms with van der Waals surface area (Å²) in [5.41, 5.74) is 1.44. The molecule has 3 rings (SSSR count). The highest BCUT2D eigenvalue weighted by Gasteiger charge is 2.23. The van der Waals surface area contributed by atoms with Crippen molar-refractivity contribution in [3.8, 4) is 0 Å². The summed E-state index contributed by atoms with van der Waals surface area (Å²) >= 11 is 3.43. The van der Waals surface area contributed by atoms with Gasteiger partial charge >= 0.3 is 5.97 Å². The van der Waals surface area contributed by atoms with Gasteiger partial charge in [0.25, 0.3) is 0 Å². The molecule has 0 saturated carbocycles. The van der Waals surface area contributed by atoms with E-state index in [0.717, 1.165) is 28.6 Å². The van der Waals surface area contributed by atoms with Crippen molar-refractivity contribution in [3.05, 3.63) is 16.8 Å². The molecule has 0 unspecified atom stereocenters. The molecule has 0 N–H and O–H groups in total. The van der Waals surface area contributed by atoms with Gasteiger partial charge in [-0.15, -0.1) is 23.1 Å². The van der Waals surface area contributed by atoms with Crippen LogP contribution < -0.4 is 0 Å². The minimum Gasteiger partial charge on any atom is -0.469 e. The van der Waals surface area contributed by atoms with E-state index in [4.69, 9.17) is 0 Å². The zero-order chi connectivity index (χ0) is 14.8. The summed E-state index contributed by atoms with van der Waals surface area (Å²) in [6.07, 6.45) is 5.56. The highest BCUT2D eigenvalue weighted by atomic mass is 32.2. The minimum absolute atomic E-state index is 0.172. The topological polar surface area (TPSA) is 52.1 Å². The van der Waals surface area contributed by atoms with Crippen LogP contribution in [0.5, 0.6) is 0 Å². The second-order valence-electron chi connectivity index (χ2n) is 5.39. The van der Waals surface area contributed by atoms with E-state index in [2.05, 4.69) is 21.6 Å². The molecule has 4 nitrogen and oxygen atoms in total. The molecule has 112 valence electrons. The maximum Gasteiger partial charge on any atom is 0.306 e. The molecule has 0 spiro atoms. The Hall–Kier alpha value is -1.14. The lowest BCUT2D eigenvalue weighted by atomic mass is 9.89. The monoisotopic (exact) mass is 322 g/mol. The van der Waals surface area contributed by atoms with Crippen LogP contribution in [0, 0.1) is 5.92 Å². The number of nitrogens with zero attached hydrogens (tertiary/aromatic N) is 2. The van der Waals surface area contributed by atoms with Gasteiger partial charge in [0.15, 0.2) is 0 Å². The van der Waals surface area contributed by atoms with E-state index in [9.17, 15) is 4.79 Å². The molecule has 0 aromatic carbocycles. The highest BCUT2D eigenvalue weighted by Crippen LogP contribution is 2.40. The Morgan fingerprint density at radius 1 is 1.52 bits per heavy atom. The molecular weight excluding hydrogens is 304 g/mol. The number of hydrogen-bond acceptors (Lipinski definition) is 6. The van der Waals surface area contributed by atoms with Gasteiger partial charge in [-0.2, -0.15) is 0 Å². The Labute approximate surface area is 132 Å². The van der Waals surface area contributed by atoms with Crippen LogP contribution in [0.15, 0.2) is 11.4 Å². The fourth-order valence-electron chi connectivity index (χ4n) is 2.69. The van der Waals surface area contributed by atoms with Gasteiger partial charge in [-0.1, -0.05) is 6.92 Å². The number of thioether (sulfide) groups is 1. The summed E-state index contributed by atoms with van der Waals surface area (Å²) in [7, 11) is 1.42. The predicted octanol–water partition coefficient (Wildman–Crippen LogP) is 3.47. The van der Waals surface area contributed by atoms with Crippen molar-refractivity contribution in [2.75, 3.05) is 12.9 Å². The van der Waals surface area contributed by atoms with Crippen LogP contribution in [-0.2, 0) is 22.4 Å². The third-order valence-corrected chi connectivity index (χ3v) is 5.98. The van der Waals surface area contributed by atoms with Crippen LogP contribution in [0.4, 0.5) is 0 Å². The first-order valence-corrected chi connectivity index (χ1v) is 8.94. The van der Waals surface area contributed by atoms with Gasteiger partial charge < -0.3 is 4.74 Å². The van der Waals surface area contributed by atoms with E-state index in [0.29, 0.717) is 12.2 Å². The van der Waals surface area contributed by atoms with E-state index in [-0.39, 0.29) is 5.97 Å². The Balaban J connectivity index is 1.87. The van der Waals surface area contributed by atoms with Crippen LogP contribution in [0.3, 0.4) is 0 Å². The second-order valence-corrected chi connectivity index (χ2v) is 7.55. The molecule has 21 heavy (non-hydrogen) atoms. The number of ether oxygens (including phenoxy) is 1.